The molecule has 1 aliphatic rings. The van der Waals surface area contributed by atoms with Gasteiger partial charge in [0.25, 0.3) is 0 Å². The minimum absolute atomic E-state index is 0.142. The molecular weight excluding hydrogens is 286 g/mol. The standard InChI is InChI=1S/C15H25N3O2S/c1-17-21(19,20)15-10-9-13(11-14(15)16)18(2)12-7-5-3-4-6-8-12/h9-12,17H,3-8,16H2,1-2H3. The highest BCUT2D eigenvalue weighted by Crippen LogP contribution is 2.29. The van der Waals surface area contributed by atoms with Crippen molar-refractivity contribution >= 4 is 21.4 Å². The summed E-state index contributed by atoms with van der Waals surface area (Å²) in [5.74, 6) is 0. The molecule has 0 atom stereocenters. The van der Waals surface area contributed by atoms with Gasteiger partial charge in [0.2, 0.25) is 10.0 Å². The number of hydrogen-bond acceptors (Lipinski definition) is 4. The molecule has 118 valence electrons. The van der Waals surface area contributed by atoms with Crippen LogP contribution < -0.4 is 15.4 Å². The summed E-state index contributed by atoms with van der Waals surface area (Å²) in [6, 6.07) is 5.70. The highest BCUT2D eigenvalue weighted by Gasteiger charge is 2.20. The van der Waals surface area contributed by atoms with Crippen LogP contribution in [-0.4, -0.2) is 28.6 Å². The highest BCUT2D eigenvalue weighted by molar-refractivity contribution is 7.89. The zero-order valence-corrected chi connectivity index (χ0v) is 13.6. The maximum Gasteiger partial charge on any atom is 0.242 e. The van der Waals surface area contributed by atoms with Crippen LogP contribution in [0, 0.1) is 0 Å². The Hall–Kier alpha value is -1.27. The molecule has 0 aliphatic heterocycles. The van der Waals surface area contributed by atoms with E-state index < -0.39 is 10.0 Å². The van der Waals surface area contributed by atoms with Crippen molar-refractivity contribution in [3.8, 4) is 0 Å². The predicted molar refractivity (Wildman–Crippen MR) is 87.0 cm³/mol. The summed E-state index contributed by atoms with van der Waals surface area (Å²) in [7, 11) is -0.0398. The fourth-order valence-electron chi connectivity index (χ4n) is 2.97. The molecule has 21 heavy (non-hydrogen) atoms. The minimum atomic E-state index is -3.50. The molecule has 0 amide bonds. The van der Waals surface area contributed by atoms with E-state index in [1.54, 1.807) is 12.1 Å². The van der Waals surface area contributed by atoms with Crippen molar-refractivity contribution in [1.82, 2.24) is 4.72 Å². The first-order valence-electron chi connectivity index (χ1n) is 7.51. The molecule has 0 spiro atoms. The largest absolute Gasteiger partial charge is 0.398 e. The lowest BCUT2D eigenvalue weighted by atomic mass is 10.1. The number of anilines is 2. The zero-order valence-electron chi connectivity index (χ0n) is 12.8. The molecule has 0 saturated heterocycles. The molecule has 0 unspecified atom stereocenters. The lowest BCUT2D eigenvalue weighted by molar-refractivity contribution is 0.553. The molecular formula is C15H25N3O2S. The van der Waals surface area contributed by atoms with Gasteiger partial charge in [-0.3, -0.25) is 0 Å². The van der Waals surface area contributed by atoms with Crippen LogP contribution in [-0.2, 0) is 10.0 Å². The van der Waals surface area contributed by atoms with Crippen molar-refractivity contribution in [3.63, 3.8) is 0 Å². The van der Waals surface area contributed by atoms with Gasteiger partial charge in [0.05, 0.1) is 5.69 Å². The van der Waals surface area contributed by atoms with Crippen LogP contribution in [0.25, 0.3) is 0 Å². The SMILES string of the molecule is CNS(=O)(=O)c1ccc(N(C)C2CCCCCC2)cc1N. The van der Waals surface area contributed by atoms with Gasteiger partial charge in [0.1, 0.15) is 4.90 Å². The molecule has 3 N–H and O–H groups in total. The Balaban J connectivity index is 2.23. The highest BCUT2D eigenvalue weighted by atomic mass is 32.2. The zero-order chi connectivity index (χ0) is 15.5. The molecule has 1 saturated carbocycles. The van der Waals surface area contributed by atoms with Gasteiger partial charge < -0.3 is 10.6 Å². The van der Waals surface area contributed by atoms with Crippen molar-refractivity contribution < 1.29 is 8.42 Å². The van der Waals surface area contributed by atoms with Crippen molar-refractivity contribution in [2.24, 2.45) is 0 Å². The number of hydrogen-bond donors (Lipinski definition) is 2. The van der Waals surface area contributed by atoms with Crippen LogP contribution in [0.3, 0.4) is 0 Å². The minimum Gasteiger partial charge on any atom is -0.398 e. The quantitative estimate of drug-likeness (QED) is 0.661. The van der Waals surface area contributed by atoms with Crippen molar-refractivity contribution in [3.05, 3.63) is 18.2 Å². The topological polar surface area (TPSA) is 75.4 Å². The van der Waals surface area contributed by atoms with Crippen LogP contribution in [0.1, 0.15) is 38.5 Å². The first kappa shape index (κ1) is 16.1. The maximum atomic E-state index is 11.8. The van der Waals surface area contributed by atoms with Crippen molar-refractivity contribution in [2.45, 2.75) is 49.5 Å². The average molecular weight is 311 g/mol. The Labute approximate surface area is 127 Å². The van der Waals surface area contributed by atoms with E-state index in [9.17, 15) is 8.42 Å². The number of nitrogen functional groups attached to an aromatic ring is 1. The van der Waals surface area contributed by atoms with Crippen molar-refractivity contribution in [2.75, 3.05) is 24.7 Å². The number of sulfonamides is 1. The molecule has 0 heterocycles. The molecule has 1 fully saturated rings. The number of nitrogens with zero attached hydrogens (tertiary/aromatic N) is 1. The third kappa shape index (κ3) is 3.68. The van der Waals surface area contributed by atoms with E-state index in [1.165, 1.54) is 45.6 Å². The van der Waals surface area contributed by atoms with E-state index in [1.807, 2.05) is 6.07 Å². The Morgan fingerprint density at radius 1 is 1.19 bits per heavy atom. The summed E-state index contributed by atoms with van der Waals surface area (Å²) in [5, 5.41) is 0. The molecule has 0 aromatic heterocycles. The molecule has 6 heteroatoms. The molecule has 0 radical (unpaired) electrons. The second-order valence-corrected chi connectivity index (χ2v) is 7.54. The van der Waals surface area contributed by atoms with Gasteiger partial charge >= 0.3 is 0 Å². The van der Waals surface area contributed by atoms with Gasteiger partial charge in [0.15, 0.2) is 0 Å². The average Bonchev–Trinajstić information content (AvgIpc) is 2.75. The van der Waals surface area contributed by atoms with E-state index >= 15 is 0 Å². The first-order chi connectivity index (χ1) is 9.95. The third-order valence-corrected chi connectivity index (χ3v) is 5.82. The van der Waals surface area contributed by atoms with Gasteiger partial charge in [0, 0.05) is 18.8 Å². The van der Waals surface area contributed by atoms with Crippen LogP contribution in [0.2, 0.25) is 0 Å². The van der Waals surface area contributed by atoms with Crippen LogP contribution in [0.5, 0.6) is 0 Å². The molecule has 5 nitrogen and oxygen atoms in total. The maximum absolute atomic E-state index is 11.8. The molecule has 0 bridgehead atoms. The first-order valence-corrected chi connectivity index (χ1v) is 9.00. The van der Waals surface area contributed by atoms with Crippen LogP contribution in [0.15, 0.2) is 23.1 Å². The van der Waals surface area contributed by atoms with E-state index in [-0.39, 0.29) is 4.90 Å². The van der Waals surface area contributed by atoms with E-state index in [2.05, 4.69) is 16.7 Å². The monoisotopic (exact) mass is 311 g/mol. The number of nitrogens with one attached hydrogen (secondary N) is 1. The van der Waals surface area contributed by atoms with Gasteiger partial charge in [-0.2, -0.15) is 0 Å². The summed E-state index contributed by atoms with van der Waals surface area (Å²) in [5.41, 5.74) is 7.21. The smallest absolute Gasteiger partial charge is 0.242 e. The van der Waals surface area contributed by atoms with E-state index in [0.29, 0.717) is 11.7 Å². The fourth-order valence-corrected chi connectivity index (χ4v) is 3.80. The molecule has 1 aromatic rings. The predicted octanol–water partition coefficient (Wildman–Crippen LogP) is 2.34. The summed E-state index contributed by atoms with van der Waals surface area (Å²) >= 11 is 0. The van der Waals surface area contributed by atoms with Gasteiger partial charge in [-0.15, -0.1) is 0 Å². The van der Waals surface area contributed by atoms with Gasteiger partial charge in [-0.25, -0.2) is 13.1 Å². The van der Waals surface area contributed by atoms with E-state index in [0.717, 1.165) is 5.69 Å². The fraction of sp³-hybridized carbons (Fsp3) is 0.600. The lowest BCUT2D eigenvalue weighted by Gasteiger charge is -2.29. The Morgan fingerprint density at radius 3 is 2.33 bits per heavy atom. The van der Waals surface area contributed by atoms with E-state index in [4.69, 9.17) is 5.73 Å². The number of nitrogens with two attached hydrogens (primary N) is 1. The van der Waals surface area contributed by atoms with Gasteiger partial charge in [-0.05, 0) is 38.1 Å². The number of benzene rings is 1. The molecule has 2 rings (SSSR count). The summed E-state index contributed by atoms with van der Waals surface area (Å²) < 4.78 is 26.0. The molecule has 1 aliphatic carbocycles. The van der Waals surface area contributed by atoms with Crippen molar-refractivity contribution in [1.29, 1.82) is 0 Å². The summed E-state index contributed by atoms with van der Waals surface area (Å²) in [4.78, 5) is 2.38. The second-order valence-electron chi connectivity index (χ2n) is 5.69. The third-order valence-electron chi connectivity index (χ3n) is 4.33. The summed E-state index contributed by atoms with van der Waals surface area (Å²) in [6.07, 6.45) is 7.52. The second kappa shape index (κ2) is 6.66. The normalized spacial score (nSPS) is 17.4. The number of rotatable bonds is 4. The Morgan fingerprint density at radius 2 is 1.81 bits per heavy atom. The Kier molecular flexibility index (Phi) is 5.11. The lowest BCUT2D eigenvalue weighted by Crippen LogP contribution is -2.31. The summed E-state index contributed by atoms with van der Waals surface area (Å²) in [6.45, 7) is 0. The van der Waals surface area contributed by atoms with Crippen LogP contribution >= 0.6 is 0 Å². The van der Waals surface area contributed by atoms with Gasteiger partial charge in [-0.1, -0.05) is 25.7 Å². The van der Waals surface area contributed by atoms with Crippen LogP contribution in [0.4, 0.5) is 11.4 Å². The molecule has 1 aromatic carbocycles. The Bertz CT molecular complexity index is 579.